The molecule has 0 aliphatic heterocycles. The van der Waals surface area contributed by atoms with E-state index in [1.165, 1.54) is 27.8 Å². The molecule has 0 spiro atoms. The molecule has 1 N–H and O–H groups in total. The van der Waals surface area contributed by atoms with Crippen LogP contribution in [0.1, 0.15) is 29.3 Å². The largest absolute Gasteiger partial charge is 0.325 e. The summed E-state index contributed by atoms with van der Waals surface area (Å²) in [4.78, 5) is 31.0. The molecule has 0 atom stereocenters. The van der Waals surface area contributed by atoms with Gasteiger partial charge in [0.1, 0.15) is 11.4 Å². The van der Waals surface area contributed by atoms with E-state index in [0.717, 1.165) is 33.8 Å². The molecule has 130 valence electrons. The third-order valence-electron chi connectivity index (χ3n) is 4.25. The number of nitrogens with zero attached hydrogens (tertiary/aromatic N) is 2. The van der Waals surface area contributed by atoms with E-state index in [1.54, 1.807) is 0 Å². The van der Waals surface area contributed by atoms with Crippen LogP contribution >= 0.6 is 11.3 Å². The van der Waals surface area contributed by atoms with Crippen molar-refractivity contribution >= 4 is 33.1 Å². The van der Waals surface area contributed by atoms with Crippen molar-refractivity contribution in [1.29, 1.82) is 0 Å². The number of fused-ring (bicyclic) bond motifs is 1. The Morgan fingerprint density at radius 2 is 1.96 bits per heavy atom. The molecule has 1 amide bonds. The van der Waals surface area contributed by atoms with E-state index >= 15 is 0 Å². The number of aromatic nitrogens is 2. The van der Waals surface area contributed by atoms with Gasteiger partial charge in [-0.25, -0.2) is 4.98 Å². The van der Waals surface area contributed by atoms with Crippen molar-refractivity contribution in [2.75, 3.05) is 5.32 Å². The van der Waals surface area contributed by atoms with Crippen molar-refractivity contribution in [3.63, 3.8) is 0 Å². The van der Waals surface area contributed by atoms with Crippen LogP contribution in [0.5, 0.6) is 0 Å². The fourth-order valence-corrected chi connectivity index (χ4v) is 3.77. The molecule has 0 saturated heterocycles. The number of carbonyl (C=O) groups is 1. The molecule has 0 fully saturated rings. The van der Waals surface area contributed by atoms with Crippen molar-refractivity contribution in [2.24, 2.45) is 0 Å². The average Bonchev–Trinajstić information content (AvgIpc) is 2.87. The van der Waals surface area contributed by atoms with Crippen LogP contribution < -0.4 is 10.9 Å². The van der Waals surface area contributed by atoms with Gasteiger partial charge in [-0.15, -0.1) is 11.3 Å². The first-order chi connectivity index (χ1) is 12.0. The van der Waals surface area contributed by atoms with Crippen molar-refractivity contribution < 1.29 is 4.79 Å². The highest BCUT2D eigenvalue weighted by Gasteiger charge is 2.13. The highest BCUT2D eigenvalue weighted by molar-refractivity contribution is 7.18. The number of thiophene rings is 1. The molecule has 6 heteroatoms. The lowest BCUT2D eigenvalue weighted by Gasteiger charge is -2.08. The van der Waals surface area contributed by atoms with Gasteiger partial charge in [-0.05, 0) is 43.5 Å². The number of nitrogens with one attached hydrogen (secondary N) is 1. The van der Waals surface area contributed by atoms with Gasteiger partial charge in [0.2, 0.25) is 5.91 Å². The number of rotatable bonds is 5. The van der Waals surface area contributed by atoms with Crippen LogP contribution in [0, 0.1) is 13.8 Å². The maximum atomic E-state index is 12.6. The van der Waals surface area contributed by atoms with Crippen LogP contribution in [0.3, 0.4) is 0 Å². The number of hydrogen-bond donors (Lipinski definition) is 1. The van der Waals surface area contributed by atoms with Gasteiger partial charge in [-0.1, -0.05) is 25.5 Å². The van der Waals surface area contributed by atoms with Crippen LogP contribution in [0.25, 0.3) is 10.2 Å². The van der Waals surface area contributed by atoms with E-state index in [-0.39, 0.29) is 18.0 Å². The van der Waals surface area contributed by atoms with Gasteiger partial charge in [-0.3, -0.25) is 14.2 Å². The Kier molecular flexibility index (Phi) is 4.99. The monoisotopic (exact) mass is 355 g/mol. The highest BCUT2D eigenvalue weighted by Crippen LogP contribution is 2.25. The van der Waals surface area contributed by atoms with Gasteiger partial charge >= 0.3 is 0 Å². The first-order valence-electron chi connectivity index (χ1n) is 8.33. The van der Waals surface area contributed by atoms with Crippen LogP contribution in [0.2, 0.25) is 0 Å². The second kappa shape index (κ2) is 7.19. The highest BCUT2D eigenvalue weighted by atomic mass is 32.1. The maximum Gasteiger partial charge on any atom is 0.262 e. The topological polar surface area (TPSA) is 64.0 Å². The standard InChI is InChI=1S/C19H21N3O2S/c1-4-5-14-6-8-15(9-7-14)21-16(23)10-22-11-20-18-17(19(22)24)12(2)13(3)25-18/h6-9,11H,4-5,10H2,1-3H3,(H,21,23). The molecule has 0 bridgehead atoms. The Labute approximate surface area is 150 Å². The molecule has 25 heavy (non-hydrogen) atoms. The van der Waals surface area contributed by atoms with Crippen molar-refractivity contribution in [2.45, 2.75) is 40.2 Å². The quantitative estimate of drug-likeness (QED) is 0.759. The zero-order chi connectivity index (χ0) is 18.0. The predicted molar refractivity (Wildman–Crippen MR) is 102 cm³/mol. The van der Waals surface area contributed by atoms with Gasteiger partial charge in [-0.2, -0.15) is 0 Å². The van der Waals surface area contributed by atoms with E-state index in [9.17, 15) is 9.59 Å². The fourth-order valence-electron chi connectivity index (χ4n) is 2.78. The van der Waals surface area contributed by atoms with E-state index in [1.807, 2.05) is 38.1 Å². The zero-order valence-electron chi connectivity index (χ0n) is 14.6. The summed E-state index contributed by atoms with van der Waals surface area (Å²) >= 11 is 1.50. The minimum absolute atomic E-state index is 0.0488. The lowest BCUT2D eigenvalue weighted by molar-refractivity contribution is -0.116. The maximum absolute atomic E-state index is 12.6. The lowest BCUT2D eigenvalue weighted by atomic mass is 10.1. The number of anilines is 1. The Morgan fingerprint density at radius 3 is 2.64 bits per heavy atom. The Hall–Kier alpha value is -2.47. The van der Waals surface area contributed by atoms with Gasteiger partial charge in [0.25, 0.3) is 5.56 Å². The van der Waals surface area contributed by atoms with Crippen LogP contribution in [0.4, 0.5) is 5.69 Å². The van der Waals surface area contributed by atoms with Crippen LogP contribution in [-0.2, 0) is 17.8 Å². The van der Waals surface area contributed by atoms with Crippen LogP contribution in [0.15, 0.2) is 35.4 Å². The third kappa shape index (κ3) is 3.64. The number of benzene rings is 1. The summed E-state index contributed by atoms with van der Waals surface area (Å²) in [7, 11) is 0. The SMILES string of the molecule is CCCc1ccc(NC(=O)Cn2cnc3sc(C)c(C)c3c2=O)cc1. The molecular weight excluding hydrogens is 334 g/mol. The lowest BCUT2D eigenvalue weighted by Crippen LogP contribution is -2.27. The second-order valence-corrected chi connectivity index (χ2v) is 7.34. The summed E-state index contributed by atoms with van der Waals surface area (Å²) in [5, 5.41) is 3.44. The third-order valence-corrected chi connectivity index (χ3v) is 5.36. The normalized spacial score (nSPS) is 11.0. The number of carbonyl (C=O) groups excluding carboxylic acids is 1. The molecule has 5 nitrogen and oxygen atoms in total. The first kappa shape index (κ1) is 17.4. The van der Waals surface area contributed by atoms with Gasteiger partial charge < -0.3 is 5.32 Å². The zero-order valence-corrected chi connectivity index (χ0v) is 15.4. The van der Waals surface area contributed by atoms with Crippen molar-refractivity contribution in [3.8, 4) is 0 Å². The molecule has 2 heterocycles. The second-order valence-electron chi connectivity index (χ2n) is 6.14. The molecule has 0 saturated carbocycles. The average molecular weight is 355 g/mol. The summed E-state index contributed by atoms with van der Waals surface area (Å²) in [6.45, 7) is 5.97. The summed E-state index contributed by atoms with van der Waals surface area (Å²) < 4.78 is 1.36. The summed E-state index contributed by atoms with van der Waals surface area (Å²) in [5.74, 6) is -0.240. The molecule has 3 aromatic rings. The van der Waals surface area contributed by atoms with Crippen LogP contribution in [-0.4, -0.2) is 15.5 Å². The van der Waals surface area contributed by atoms with Gasteiger partial charge in [0.05, 0.1) is 11.7 Å². The van der Waals surface area contributed by atoms with Gasteiger partial charge in [0, 0.05) is 10.6 Å². The number of aryl methyl sites for hydroxylation is 3. The number of amides is 1. The Balaban J connectivity index is 1.76. The van der Waals surface area contributed by atoms with E-state index in [2.05, 4.69) is 17.2 Å². The molecule has 2 aromatic heterocycles. The van der Waals surface area contributed by atoms with E-state index < -0.39 is 0 Å². The molecule has 0 aliphatic carbocycles. The Morgan fingerprint density at radius 1 is 1.24 bits per heavy atom. The molecule has 3 rings (SSSR count). The van der Waals surface area contributed by atoms with E-state index in [4.69, 9.17) is 0 Å². The molecular formula is C19H21N3O2S. The number of hydrogen-bond acceptors (Lipinski definition) is 4. The summed E-state index contributed by atoms with van der Waals surface area (Å²) in [6.07, 6.45) is 3.56. The fraction of sp³-hybridized carbons (Fsp3) is 0.316. The molecule has 1 aromatic carbocycles. The van der Waals surface area contributed by atoms with Crippen molar-refractivity contribution in [3.05, 3.63) is 57.0 Å². The summed E-state index contributed by atoms with van der Waals surface area (Å²) in [5.41, 5.74) is 2.75. The first-order valence-corrected chi connectivity index (χ1v) is 9.15. The van der Waals surface area contributed by atoms with E-state index in [0.29, 0.717) is 5.39 Å². The predicted octanol–water partition coefficient (Wildman–Crippen LogP) is 3.67. The summed E-state index contributed by atoms with van der Waals surface area (Å²) in [6, 6.07) is 7.80. The smallest absolute Gasteiger partial charge is 0.262 e. The molecule has 0 unspecified atom stereocenters. The van der Waals surface area contributed by atoms with Gasteiger partial charge in [0.15, 0.2) is 0 Å². The minimum atomic E-state index is -0.240. The Bertz CT molecular complexity index is 971. The van der Waals surface area contributed by atoms with Crippen molar-refractivity contribution in [1.82, 2.24) is 9.55 Å². The molecule has 0 radical (unpaired) electrons. The minimum Gasteiger partial charge on any atom is -0.325 e. The molecule has 0 aliphatic rings.